The number of rotatable bonds is 6. The molecular formula is C31H30N4O4. The third-order valence-electron chi connectivity index (χ3n) is 7.51. The standard InChI is InChI=1S/C31H30N4O4/c1-31(18-37-19-31)20-38-27-8-7-23(15-24(27)17-32)25-9-10-33-26-16-28(39-29(25)26)21-3-5-22(6-4-21)30(36)35-13-11-34(2)12-14-35/h3-10,15-16H,11-14,18-20H2,1-2H3. The Morgan fingerprint density at radius 2 is 1.79 bits per heavy atom. The van der Waals surface area contributed by atoms with Crippen LogP contribution < -0.4 is 4.74 Å². The summed E-state index contributed by atoms with van der Waals surface area (Å²) in [5, 5.41) is 9.79. The molecule has 0 N–H and O–H groups in total. The first kappa shape index (κ1) is 25.1. The topological polar surface area (TPSA) is 91.8 Å². The summed E-state index contributed by atoms with van der Waals surface area (Å²) in [5.74, 6) is 1.28. The van der Waals surface area contributed by atoms with E-state index < -0.39 is 0 Å². The number of furan rings is 1. The quantitative estimate of drug-likeness (QED) is 0.358. The average Bonchev–Trinajstić information content (AvgIpc) is 3.40. The molecule has 0 saturated carbocycles. The van der Waals surface area contributed by atoms with Gasteiger partial charge in [0.2, 0.25) is 0 Å². The molecule has 0 spiro atoms. The minimum Gasteiger partial charge on any atom is -0.491 e. The summed E-state index contributed by atoms with van der Waals surface area (Å²) in [4.78, 5) is 21.5. The van der Waals surface area contributed by atoms with Crippen LogP contribution in [0.1, 0.15) is 22.8 Å². The highest BCUT2D eigenvalue weighted by Crippen LogP contribution is 2.36. The van der Waals surface area contributed by atoms with Crippen LogP contribution in [0.15, 0.2) is 65.2 Å². The summed E-state index contributed by atoms with van der Waals surface area (Å²) in [6, 6.07) is 19.2. The lowest BCUT2D eigenvalue weighted by molar-refractivity contribution is -0.120. The minimum absolute atomic E-state index is 0.0106. The molecule has 8 nitrogen and oxygen atoms in total. The zero-order valence-electron chi connectivity index (χ0n) is 22.1. The van der Waals surface area contributed by atoms with Gasteiger partial charge in [0.1, 0.15) is 23.1 Å². The van der Waals surface area contributed by atoms with Crippen LogP contribution in [0.5, 0.6) is 5.75 Å². The first-order valence-electron chi connectivity index (χ1n) is 13.1. The fourth-order valence-electron chi connectivity index (χ4n) is 4.97. The van der Waals surface area contributed by atoms with Gasteiger partial charge >= 0.3 is 0 Å². The summed E-state index contributed by atoms with van der Waals surface area (Å²) in [5.41, 5.74) is 5.04. The van der Waals surface area contributed by atoms with Crippen LogP contribution in [0, 0.1) is 16.7 Å². The van der Waals surface area contributed by atoms with Crippen LogP contribution in [-0.2, 0) is 4.74 Å². The number of benzene rings is 2. The molecule has 4 aromatic rings. The van der Waals surface area contributed by atoms with Crippen molar-refractivity contribution in [2.24, 2.45) is 5.41 Å². The number of carbonyl (C=O) groups is 1. The van der Waals surface area contributed by atoms with Crippen molar-refractivity contribution in [2.75, 3.05) is 53.0 Å². The van der Waals surface area contributed by atoms with Crippen molar-refractivity contribution in [1.82, 2.24) is 14.8 Å². The molecule has 0 radical (unpaired) electrons. The van der Waals surface area contributed by atoms with Crippen molar-refractivity contribution >= 4 is 17.0 Å². The summed E-state index contributed by atoms with van der Waals surface area (Å²) in [7, 11) is 2.07. The SMILES string of the molecule is CN1CCN(C(=O)c2ccc(-c3cc4nccc(-c5ccc(OCC6(C)COC6)c(C#N)c5)c4o3)cc2)CC1. The number of hydrogen-bond acceptors (Lipinski definition) is 7. The predicted molar refractivity (Wildman–Crippen MR) is 147 cm³/mol. The highest BCUT2D eigenvalue weighted by atomic mass is 16.5. The zero-order chi connectivity index (χ0) is 27.0. The Morgan fingerprint density at radius 1 is 1.05 bits per heavy atom. The molecule has 198 valence electrons. The molecule has 39 heavy (non-hydrogen) atoms. The molecule has 8 heteroatoms. The predicted octanol–water partition coefficient (Wildman–Crippen LogP) is 4.84. The summed E-state index contributed by atoms with van der Waals surface area (Å²) >= 11 is 0. The number of nitrogens with zero attached hydrogens (tertiary/aromatic N) is 4. The van der Waals surface area contributed by atoms with Gasteiger partial charge in [0.15, 0.2) is 5.58 Å². The number of nitriles is 1. The molecule has 0 bridgehead atoms. The lowest BCUT2D eigenvalue weighted by Gasteiger charge is -2.37. The van der Waals surface area contributed by atoms with Gasteiger partial charge in [0.05, 0.1) is 25.4 Å². The van der Waals surface area contributed by atoms with Gasteiger partial charge < -0.3 is 23.7 Å². The van der Waals surface area contributed by atoms with E-state index in [-0.39, 0.29) is 11.3 Å². The van der Waals surface area contributed by atoms with Crippen molar-refractivity contribution < 1.29 is 18.7 Å². The Kier molecular flexibility index (Phi) is 6.55. The summed E-state index contributed by atoms with van der Waals surface area (Å²) < 4.78 is 17.6. The number of amides is 1. The van der Waals surface area contributed by atoms with Gasteiger partial charge in [0, 0.05) is 60.5 Å². The Hall–Kier alpha value is -4.19. The van der Waals surface area contributed by atoms with E-state index in [1.165, 1.54) is 0 Å². The highest BCUT2D eigenvalue weighted by molar-refractivity contribution is 5.95. The fourth-order valence-corrected chi connectivity index (χ4v) is 4.97. The van der Waals surface area contributed by atoms with E-state index in [9.17, 15) is 10.1 Å². The number of carbonyl (C=O) groups excluding carboxylic acids is 1. The van der Waals surface area contributed by atoms with Gasteiger partial charge in [-0.15, -0.1) is 0 Å². The van der Waals surface area contributed by atoms with Gasteiger partial charge in [-0.05, 0) is 42.9 Å². The Morgan fingerprint density at radius 3 is 2.49 bits per heavy atom. The molecule has 0 unspecified atom stereocenters. The number of piperazine rings is 1. The van der Waals surface area contributed by atoms with E-state index in [0.29, 0.717) is 48.0 Å². The number of fused-ring (bicyclic) bond motifs is 1. The Balaban J connectivity index is 1.24. The van der Waals surface area contributed by atoms with Gasteiger partial charge in [-0.3, -0.25) is 9.78 Å². The van der Waals surface area contributed by atoms with Crippen LogP contribution in [0.3, 0.4) is 0 Å². The van der Waals surface area contributed by atoms with Crippen LogP contribution in [0.2, 0.25) is 0 Å². The molecule has 6 rings (SSSR count). The van der Waals surface area contributed by atoms with Gasteiger partial charge in [-0.25, -0.2) is 0 Å². The van der Waals surface area contributed by atoms with E-state index in [4.69, 9.17) is 13.9 Å². The number of hydrogen-bond donors (Lipinski definition) is 0. The maximum atomic E-state index is 12.9. The second-order valence-electron chi connectivity index (χ2n) is 10.8. The van der Waals surface area contributed by atoms with E-state index in [0.717, 1.165) is 48.4 Å². The number of ether oxygens (including phenoxy) is 2. The first-order valence-corrected chi connectivity index (χ1v) is 13.1. The molecule has 0 aliphatic carbocycles. The van der Waals surface area contributed by atoms with Crippen molar-refractivity contribution in [3.8, 4) is 34.3 Å². The molecule has 4 heterocycles. The monoisotopic (exact) mass is 522 g/mol. The molecule has 2 aromatic carbocycles. The third-order valence-corrected chi connectivity index (χ3v) is 7.51. The minimum atomic E-state index is -0.0106. The summed E-state index contributed by atoms with van der Waals surface area (Å²) in [6.07, 6.45) is 1.74. The normalized spacial score (nSPS) is 17.0. The van der Waals surface area contributed by atoms with Crippen molar-refractivity contribution in [3.05, 3.63) is 71.9 Å². The summed E-state index contributed by atoms with van der Waals surface area (Å²) in [6.45, 7) is 7.20. The molecule has 2 saturated heterocycles. The van der Waals surface area contributed by atoms with Crippen molar-refractivity contribution in [1.29, 1.82) is 5.26 Å². The third kappa shape index (κ3) is 4.99. The van der Waals surface area contributed by atoms with Crippen LogP contribution in [0.4, 0.5) is 0 Å². The molecule has 2 fully saturated rings. The van der Waals surface area contributed by atoms with Crippen LogP contribution in [-0.4, -0.2) is 73.7 Å². The fraction of sp³-hybridized carbons (Fsp3) is 0.323. The van der Waals surface area contributed by atoms with Crippen LogP contribution in [0.25, 0.3) is 33.6 Å². The average molecular weight is 523 g/mol. The highest BCUT2D eigenvalue weighted by Gasteiger charge is 2.34. The molecule has 2 aliphatic heterocycles. The largest absolute Gasteiger partial charge is 0.491 e. The maximum Gasteiger partial charge on any atom is 0.253 e. The van der Waals surface area contributed by atoms with Crippen molar-refractivity contribution in [3.63, 3.8) is 0 Å². The first-order chi connectivity index (χ1) is 18.9. The lowest BCUT2D eigenvalue weighted by Crippen LogP contribution is -2.47. The lowest BCUT2D eigenvalue weighted by atomic mass is 9.90. The van der Waals surface area contributed by atoms with E-state index >= 15 is 0 Å². The zero-order valence-corrected chi connectivity index (χ0v) is 22.1. The molecule has 2 aliphatic rings. The molecule has 2 aromatic heterocycles. The number of pyridine rings is 1. The smallest absolute Gasteiger partial charge is 0.253 e. The van der Waals surface area contributed by atoms with E-state index in [1.54, 1.807) is 6.20 Å². The van der Waals surface area contributed by atoms with Gasteiger partial charge in [-0.1, -0.05) is 25.1 Å². The number of likely N-dealkylation sites (N-methyl/N-ethyl adjacent to an activating group) is 1. The second-order valence-corrected chi connectivity index (χ2v) is 10.8. The Labute approximate surface area is 227 Å². The molecular weight excluding hydrogens is 492 g/mol. The molecule has 1 amide bonds. The van der Waals surface area contributed by atoms with E-state index in [2.05, 4.69) is 29.9 Å². The van der Waals surface area contributed by atoms with Crippen molar-refractivity contribution in [2.45, 2.75) is 6.92 Å². The van der Waals surface area contributed by atoms with Gasteiger partial charge in [-0.2, -0.15) is 5.26 Å². The molecule has 0 atom stereocenters. The van der Waals surface area contributed by atoms with E-state index in [1.807, 2.05) is 59.5 Å². The Bertz CT molecular complexity index is 1560. The van der Waals surface area contributed by atoms with Crippen LogP contribution >= 0.6 is 0 Å². The second kappa shape index (κ2) is 10.2. The van der Waals surface area contributed by atoms with Gasteiger partial charge in [0.25, 0.3) is 5.91 Å². The number of aromatic nitrogens is 1. The maximum absolute atomic E-state index is 12.9.